The van der Waals surface area contributed by atoms with Crippen LogP contribution in [0.3, 0.4) is 0 Å². The first-order valence-electron chi connectivity index (χ1n) is 8.67. The number of piperidine rings is 1. The summed E-state index contributed by atoms with van der Waals surface area (Å²) in [6.45, 7) is 1.89. The Balaban J connectivity index is 1.73. The molecule has 2 aliphatic heterocycles. The highest BCUT2D eigenvalue weighted by atomic mass is 32.2. The Kier molecular flexibility index (Phi) is 5.62. The van der Waals surface area contributed by atoms with Crippen LogP contribution in [0.4, 0.5) is 4.39 Å². The van der Waals surface area contributed by atoms with E-state index < -0.39 is 15.8 Å². The van der Waals surface area contributed by atoms with Gasteiger partial charge in [0.05, 0.1) is 13.7 Å². The van der Waals surface area contributed by atoms with Gasteiger partial charge in [0.25, 0.3) is 0 Å². The third-order valence-corrected chi connectivity index (χ3v) is 7.19. The first kappa shape index (κ1) is 18.6. The van der Waals surface area contributed by atoms with Gasteiger partial charge < -0.3 is 9.84 Å². The highest BCUT2D eigenvalue weighted by Gasteiger charge is 2.36. The van der Waals surface area contributed by atoms with Gasteiger partial charge in [-0.05, 0) is 50.4 Å². The van der Waals surface area contributed by atoms with E-state index in [9.17, 15) is 17.9 Å². The molecule has 2 aliphatic rings. The number of ether oxygens (including phenoxy) is 1. The van der Waals surface area contributed by atoms with Crippen molar-refractivity contribution < 1.29 is 22.7 Å². The zero-order chi connectivity index (χ0) is 18.0. The van der Waals surface area contributed by atoms with Crippen LogP contribution >= 0.6 is 0 Å². The zero-order valence-corrected chi connectivity index (χ0v) is 15.2. The summed E-state index contributed by atoms with van der Waals surface area (Å²) >= 11 is 0. The van der Waals surface area contributed by atoms with Crippen LogP contribution in [0.2, 0.25) is 0 Å². The predicted molar refractivity (Wildman–Crippen MR) is 91.5 cm³/mol. The smallest absolute Gasteiger partial charge is 0.246 e. The molecule has 0 bridgehead atoms. The van der Waals surface area contributed by atoms with Crippen molar-refractivity contribution in [3.05, 3.63) is 24.0 Å². The molecule has 140 valence electrons. The Hall–Kier alpha value is -1.22. The fourth-order valence-electron chi connectivity index (χ4n) is 3.94. The van der Waals surface area contributed by atoms with E-state index in [4.69, 9.17) is 4.74 Å². The predicted octanol–water partition coefficient (Wildman–Crippen LogP) is 1.44. The molecule has 0 spiro atoms. The van der Waals surface area contributed by atoms with Gasteiger partial charge in [-0.3, -0.25) is 4.90 Å². The fraction of sp³-hybridized carbons (Fsp3) is 0.647. The molecule has 2 fully saturated rings. The molecule has 1 aromatic carbocycles. The number of nitrogens with zero attached hydrogens (tertiary/aromatic N) is 2. The molecule has 0 aliphatic carbocycles. The third-order valence-electron chi connectivity index (χ3n) is 5.27. The summed E-state index contributed by atoms with van der Waals surface area (Å²) in [5.41, 5.74) is 0. The second kappa shape index (κ2) is 7.57. The first-order valence-corrected chi connectivity index (χ1v) is 10.1. The molecular formula is C17H25FN2O4S. The van der Waals surface area contributed by atoms with E-state index >= 15 is 0 Å². The lowest BCUT2D eigenvalue weighted by molar-refractivity contribution is 0.0898. The molecule has 3 rings (SSSR count). The lowest BCUT2D eigenvalue weighted by Crippen LogP contribution is -2.48. The Bertz CT molecular complexity index is 705. The van der Waals surface area contributed by atoms with E-state index in [-0.39, 0.29) is 23.3 Å². The molecule has 6 nitrogen and oxygen atoms in total. The van der Waals surface area contributed by atoms with Crippen LogP contribution in [0, 0.1) is 5.82 Å². The summed E-state index contributed by atoms with van der Waals surface area (Å²) in [7, 11) is -2.42. The molecule has 2 saturated heterocycles. The van der Waals surface area contributed by atoms with Gasteiger partial charge in [-0.2, -0.15) is 4.31 Å². The molecule has 0 saturated carbocycles. The topological polar surface area (TPSA) is 70.1 Å². The monoisotopic (exact) mass is 372 g/mol. The maximum absolute atomic E-state index is 13.6. The molecule has 0 radical (unpaired) electrons. The molecule has 8 heteroatoms. The fourth-order valence-corrected chi connectivity index (χ4v) is 5.58. The van der Waals surface area contributed by atoms with E-state index in [1.807, 2.05) is 0 Å². The second-order valence-electron chi connectivity index (χ2n) is 6.65. The van der Waals surface area contributed by atoms with Gasteiger partial charge in [-0.1, -0.05) is 0 Å². The van der Waals surface area contributed by atoms with Crippen LogP contribution in [0.1, 0.15) is 25.7 Å². The summed E-state index contributed by atoms with van der Waals surface area (Å²) in [5, 5.41) is 9.48. The number of aliphatic hydroxyl groups excluding tert-OH is 1. The van der Waals surface area contributed by atoms with Gasteiger partial charge in [0, 0.05) is 25.2 Å². The largest absolute Gasteiger partial charge is 0.495 e. The van der Waals surface area contributed by atoms with Crippen LogP contribution in [-0.4, -0.2) is 68.2 Å². The van der Waals surface area contributed by atoms with E-state index in [1.54, 1.807) is 0 Å². The first-order chi connectivity index (χ1) is 12.0. The minimum absolute atomic E-state index is 0.122. The molecule has 1 atom stereocenters. The standard InChI is InChI=1S/C17H25FN2O4S/c1-24-16-5-4-13(18)11-17(16)25(22,23)19-9-6-14(7-10-19)20-8-2-3-15(20)12-21/h4-5,11,14-15,21H,2-3,6-10,12H2,1H3/t15-/m1/s1. The van der Waals surface area contributed by atoms with Gasteiger partial charge in [0.1, 0.15) is 16.5 Å². The van der Waals surface area contributed by atoms with Crippen LogP contribution in [-0.2, 0) is 10.0 Å². The average molecular weight is 372 g/mol. The third kappa shape index (κ3) is 3.67. The quantitative estimate of drug-likeness (QED) is 0.847. The number of methoxy groups -OCH3 is 1. The second-order valence-corrected chi connectivity index (χ2v) is 8.55. The summed E-state index contributed by atoms with van der Waals surface area (Å²) in [6, 6.07) is 4.03. The maximum atomic E-state index is 13.6. The number of hydrogen-bond acceptors (Lipinski definition) is 5. The number of halogens is 1. The Morgan fingerprint density at radius 2 is 1.96 bits per heavy atom. The number of sulfonamides is 1. The maximum Gasteiger partial charge on any atom is 0.246 e. The van der Waals surface area contributed by atoms with Crippen LogP contribution in [0.5, 0.6) is 5.75 Å². The van der Waals surface area contributed by atoms with Crippen molar-refractivity contribution in [3.63, 3.8) is 0 Å². The van der Waals surface area contributed by atoms with Gasteiger partial charge in [-0.25, -0.2) is 12.8 Å². The van der Waals surface area contributed by atoms with E-state index in [0.717, 1.165) is 25.5 Å². The summed E-state index contributed by atoms with van der Waals surface area (Å²) in [6.07, 6.45) is 3.50. The van der Waals surface area contributed by atoms with Gasteiger partial charge in [0.2, 0.25) is 10.0 Å². The van der Waals surface area contributed by atoms with Crippen LogP contribution < -0.4 is 4.74 Å². The van der Waals surface area contributed by atoms with E-state index in [1.165, 1.54) is 23.5 Å². The molecular weight excluding hydrogens is 347 g/mol. The summed E-state index contributed by atoms with van der Waals surface area (Å²) in [4.78, 5) is 2.19. The molecule has 0 unspecified atom stereocenters. The van der Waals surface area contributed by atoms with Crippen molar-refractivity contribution in [2.75, 3.05) is 33.4 Å². The van der Waals surface area contributed by atoms with Gasteiger partial charge in [-0.15, -0.1) is 0 Å². The molecule has 2 heterocycles. The molecule has 0 aromatic heterocycles. The number of hydrogen-bond donors (Lipinski definition) is 1. The minimum Gasteiger partial charge on any atom is -0.495 e. The van der Waals surface area contributed by atoms with E-state index in [0.29, 0.717) is 32.0 Å². The van der Waals surface area contributed by atoms with E-state index in [2.05, 4.69) is 4.90 Å². The van der Waals surface area contributed by atoms with Crippen molar-refractivity contribution in [2.24, 2.45) is 0 Å². The number of benzene rings is 1. The number of rotatable bonds is 5. The Morgan fingerprint density at radius 3 is 2.60 bits per heavy atom. The van der Waals surface area contributed by atoms with Crippen molar-refractivity contribution in [3.8, 4) is 5.75 Å². The SMILES string of the molecule is COc1ccc(F)cc1S(=O)(=O)N1CCC(N2CCC[C@@H]2CO)CC1. The van der Waals surface area contributed by atoms with Crippen LogP contribution in [0.15, 0.2) is 23.1 Å². The number of aliphatic hydroxyl groups is 1. The highest BCUT2D eigenvalue weighted by Crippen LogP contribution is 2.31. The summed E-state index contributed by atoms with van der Waals surface area (Å²) in [5.74, 6) is -0.444. The van der Waals surface area contributed by atoms with Gasteiger partial charge >= 0.3 is 0 Å². The molecule has 0 amide bonds. The molecule has 1 aromatic rings. The zero-order valence-electron chi connectivity index (χ0n) is 14.4. The normalized spacial score (nSPS) is 23.9. The Morgan fingerprint density at radius 1 is 1.24 bits per heavy atom. The van der Waals surface area contributed by atoms with Crippen molar-refractivity contribution in [2.45, 2.75) is 42.7 Å². The lowest BCUT2D eigenvalue weighted by Gasteiger charge is -2.38. The Labute approximate surface area is 148 Å². The highest BCUT2D eigenvalue weighted by molar-refractivity contribution is 7.89. The molecule has 1 N–H and O–H groups in total. The number of likely N-dealkylation sites (tertiary alicyclic amines) is 1. The molecule has 25 heavy (non-hydrogen) atoms. The minimum atomic E-state index is -3.79. The van der Waals surface area contributed by atoms with Gasteiger partial charge in [0.15, 0.2) is 0 Å². The average Bonchev–Trinajstić information content (AvgIpc) is 3.10. The van der Waals surface area contributed by atoms with Crippen molar-refractivity contribution in [1.82, 2.24) is 9.21 Å². The summed E-state index contributed by atoms with van der Waals surface area (Å²) < 4.78 is 45.9. The van der Waals surface area contributed by atoms with Crippen molar-refractivity contribution >= 4 is 10.0 Å². The lowest BCUT2D eigenvalue weighted by atomic mass is 10.0. The van der Waals surface area contributed by atoms with Crippen molar-refractivity contribution in [1.29, 1.82) is 0 Å². The van der Waals surface area contributed by atoms with Crippen LogP contribution in [0.25, 0.3) is 0 Å².